The number of nitrogens with zero attached hydrogens (tertiary/aromatic N) is 2. The molecule has 2 rings (SSSR count). The molecule has 0 aliphatic rings. The van der Waals surface area contributed by atoms with Gasteiger partial charge in [-0.1, -0.05) is 19.1 Å². The third-order valence-corrected chi connectivity index (χ3v) is 2.16. The molecule has 0 atom stereocenters. The molecule has 1 aromatic heterocycles. The maximum absolute atomic E-state index is 5.67. The Kier molecular flexibility index (Phi) is 3.49. The van der Waals surface area contributed by atoms with E-state index in [-0.39, 0.29) is 0 Å². The summed E-state index contributed by atoms with van der Waals surface area (Å²) in [5.41, 5.74) is 1.82. The summed E-state index contributed by atoms with van der Waals surface area (Å²) in [6.07, 6.45) is 5.26. The van der Waals surface area contributed by atoms with E-state index in [2.05, 4.69) is 23.2 Å². The molecule has 81 valence electrons. The van der Waals surface area contributed by atoms with Crippen LogP contribution in [0, 0.1) is 6.33 Å². The molecule has 0 fully saturated rings. The lowest BCUT2D eigenvalue weighted by Crippen LogP contribution is -1.97. The number of ether oxygens (including phenoxy) is 1. The van der Waals surface area contributed by atoms with E-state index in [1.54, 1.807) is 6.20 Å². The predicted octanol–water partition coefficient (Wildman–Crippen LogP) is 2.73. The molecule has 0 N–H and O–H groups in total. The largest absolute Gasteiger partial charge is 0.493 e. The van der Waals surface area contributed by atoms with Crippen molar-refractivity contribution in [2.24, 2.45) is 0 Å². The first-order valence-corrected chi connectivity index (χ1v) is 5.33. The Bertz CT molecular complexity index is 443. The number of para-hydroxylation sites is 1. The molecule has 3 heteroatoms. The van der Waals surface area contributed by atoms with Crippen LogP contribution in [0.5, 0.6) is 5.75 Å². The second kappa shape index (κ2) is 5.26. The summed E-state index contributed by atoms with van der Waals surface area (Å²) in [7, 11) is 0. The third-order valence-electron chi connectivity index (χ3n) is 2.16. The lowest BCUT2D eigenvalue weighted by Gasteiger charge is -2.09. The molecule has 1 heterocycles. The first-order chi connectivity index (χ1) is 7.92. The van der Waals surface area contributed by atoms with Gasteiger partial charge in [-0.15, -0.1) is 0 Å². The number of hydrogen-bond acceptors (Lipinski definition) is 3. The smallest absolute Gasteiger partial charge is 0.198 e. The van der Waals surface area contributed by atoms with Crippen LogP contribution < -0.4 is 4.74 Å². The van der Waals surface area contributed by atoms with Gasteiger partial charge in [-0.2, -0.15) is 0 Å². The average Bonchev–Trinajstić information content (AvgIpc) is 2.38. The van der Waals surface area contributed by atoms with E-state index in [4.69, 9.17) is 4.74 Å². The summed E-state index contributed by atoms with van der Waals surface area (Å²) >= 11 is 0. The van der Waals surface area contributed by atoms with Gasteiger partial charge in [0.15, 0.2) is 6.33 Å². The van der Waals surface area contributed by atoms with Crippen LogP contribution in [0.1, 0.15) is 13.3 Å². The molecule has 16 heavy (non-hydrogen) atoms. The number of aromatic nitrogens is 2. The zero-order valence-electron chi connectivity index (χ0n) is 9.18. The minimum absolute atomic E-state index is 0.714. The molecule has 0 amide bonds. The van der Waals surface area contributed by atoms with Gasteiger partial charge in [0.25, 0.3) is 0 Å². The van der Waals surface area contributed by atoms with Gasteiger partial charge in [-0.3, -0.25) is 0 Å². The van der Waals surface area contributed by atoms with E-state index in [0.29, 0.717) is 6.61 Å². The highest BCUT2D eigenvalue weighted by Crippen LogP contribution is 2.27. The summed E-state index contributed by atoms with van der Waals surface area (Å²) in [6, 6.07) is 9.72. The standard InChI is InChI=1S/C13H13N2O/c1-2-9-16-13-6-4-3-5-11(13)12-7-8-14-10-15-12/h3-8H,2,9H2,1H3. The topological polar surface area (TPSA) is 35.0 Å². The Labute approximate surface area is 95.1 Å². The quantitative estimate of drug-likeness (QED) is 0.783. The minimum atomic E-state index is 0.714. The Morgan fingerprint density at radius 1 is 1.25 bits per heavy atom. The van der Waals surface area contributed by atoms with Gasteiger partial charge in [0, 0.05) is 11.8 Å². The summed E-state index contributed by atoms with van der Waals surface area (Å²) < 4.78 is 5.67. The van der Waals surface area contributed by atoms with Crippen molar-refractivity contribution >= 4 is 0 Å². The zero-order valence-corrected chi connectivity index (χ0v) is 9.18. The molecule has 0 unspecified atom stereocenters. The van der Waals surface area contributed by atoms with Crippen LogP contribution in [0.2, 0.25) is 0 Å². The first-order valence-electron chi connectivity index (χ1n) is 5.33. The molecule has 0 spiro atoms. The number of benzene rings is 1. The maximum atomic E-state index is 5.67. The van der Waals surface area contributed by atoms with Crippen molar-refractivity contribution in [3.05, 3.63) is 42.9 Å². The second-order valence-corrected chi connectivity index (χ2v) is 3.39. The lowest BCUT2D eigenvalue weighted by molar-refractivity contribution is 0.318. The van der Waals surface area contributed by atoms with Gasteiger partial charge in [-0.25, -0.2) is 9.97 Å². The maximum Gasteiger partial charge on any atom is 0.198 e. The third kappa shape index (κ3) is 2.37. The molecule has 0 aliphatic heterocycles. The van der Waals surface area contributed by atoms with Crippen molar-refractivity contribution < 1.29 is 4.74 Å². The predicted molar refractivity (Wildman–Crippen MR) is 62.1 cm³/mol. The molecule has 2 aromatic rings. The molecule has 3 nitrogen and oxygen atoms in total. The van der Waals surface area contributed by atoms with E-state index >= 15 is 0 Å². The Balaban J connectivity index is 2.33. The fourth-order valence-corrected chi connectivity index (χ4v) is 1.43. The minimum Gasteiger partial charge on any atom is -0.493 e. The van der Waals surface area contributed by atoms with Crippen LogP contribution in [0.25, 0.3) is 11.3 Å². The SMILES string of the molecule is CCCOc1ccccc1-c1ccn[c]n1. The van der Waals surface area contributed by atoms with E-state index in [1.807, 2.05) is 30.3 Å². The van der Waals surface area contributed by atoms with Crippen molar-refractivity contribution in [3.63, 3.8) is 0 Å². The van der Waals surface area contributed by atoms with Gasteiger partial charge < -0.3 is 4.74 Å². The normalized spacial score (nSPS) is 10.1. The van der Waals surface area contributed by atoms with Crippen molar-refractivity contribution in [1.29, 1.82) is 0 Å². The van der Waals surface area contributed by atoms with Crippen molar-refractivity contribution in [2.45, 2.75) is 13.3 Å². The zero-order chi connectivity index (χ0) is 11.2. The second-order valence-electron chi connectivity index (χ2n) is 3.39. The van der Waals surface area contributed by atoms with E-state index < -0.39 is 0 Å². The van der Waals surface area contributed by atoms with Gasteiger partial charge >= 0.3 is 0 Å². The highest BCUT2D eigenvalue weighted by Gasteiger charge is 2.05. The highest BCUT2D eigenvalue weighted by atomic mass is 16.5. The van der Waals surface area contributed by atoms with Crippen LogP contribution in [0.4, 0.5) is 0 Å². The number of hydrogen-bond donors (Lipinski definition) is 0. The Hall–Kier alpha value is -1.90. The summed E-state index contributed by atoms with van der Waals surface area (Å²) in [6.45, 7) is 2.80. The first kappa shape index (κ1) is 10.6. The van der Waals surface area contributed by atoms with E-state index in [0.717, 1.165) is 23.4 Å². The van der Waals surface area contributed by atoms with Crippen LogP contribution >= 0.6 is 0 Å². The summed E-state index contributed by atoms with van der Waals surface area (Å²) in [4.78, 5) is 7.89. The summed E-state index contributed by atoms with van der Waals surface area (Å²) in [5.74, 6) is 0.858. The monoisotopic (exact) mass is 213 g/mol. The van der Waals surface area contributed by atoms with Crippen LogP contribution in [-0.2, 0) is 0 Å². The molecule has 0 saturated carbocycles. The summed E-state index contributed by atoms with van der Waals surface area (Å²) in [5, 5.41) is 0. The van der Waals surface area contributed by atoms with E-state index in [1.165, 1.54) is 0 Å². The van der Waals surface area contributed by atoms with Crippen LogP contribution in [0.3, 0.4) is 0 Å². The number of rotatable bonds is 4. The van der Waals surface area contributed by atoms with E-state index in [9.17, 15) is 0 Å². The van der Waals surface area contributed by atoms with Gasteiger partial charge in [0.1, 0.15) is 5.75 Å². The van der Waals surface area contributed by atoms with Crippen LogP contribution in [-0.4, -0.2) is 16.6 Å². The van der Waals surface area contributed by atoms with Gasteiger partial charge in [-0.05, 0) is 24.6 Å². The molecule has 0 bridgehead atoms. The fraction of sp³-hybridized carbons (Fsp3) is 0.231. The molecule has 1 radical (unpaired) electrons. The molecule has 0 saturated heterocycles. The molecular weight excluding hydrogens is 200 g/mol. The molecular formula is C13H13N2O. The van der Waals surface area contributed by atoms with Crippen molar-refractivity contribution in [1.82, 2.24) is 9.97 Å². The average molecular weight is 213 g/mol. The fourth-order valence-electron chi connectivity index (χ4n) is 1.43. The van der Waals surface area contributed by atoms with Crippen LogP contribution in [0.15, 0.2) is 36.5 Å². The van der Waals surface area contributed by atoms with Gasteiger partial charge in [0.2, 0.25) is 0 Å². The highest BCUT2D eigenvalue weighted by molar-refractivity contribution is 5.66. The lowest BCUT2D eigenvalue weighted by atomic mass is 10.1. The van der Waals surface area contributed by atoms with Gasteiger partial charge in [0.05, 0.1) is 12.3 Å². The Morgan fingerprint density at radius 2 is 2.12 bits per heavy atom. The Morgan fingerprint density at radius 3 is 2.88 bits per heavy atom. The van der Waals surface area contributed by atoms with Crippen molar-refractivity contribution in [3.8, 4) is 17.0 Å². The molecule has 1 aromatic carbocycles. The molecule has 0 aliphatic carbocycles. The van der Waals surface area contributed by atoms with Crippen molar-refractivity contribution in [2.75, 3.05) is 6.61 Å².